The topological polar surface area (TPSA) is 73.9 Å². The highest BCUT2D eigenvalue weighted by molar-refractivity contribution is 5.91. The molecule has 3 atom stereocenters. The Kier molecular flexibility index (Phi) is 5.91. The van der Waals surface area contributed by atoms with Crippen LogP contribution in [-0.4, -0.2) is 50.3 Å². The Bertz CT molecular complexity index is 889. The lowest BCUT2D eigenvalue weighted by atomic mass is 9.90. The second-order valence-corrected chi connectivity index (χ2v) is 8.29. The summed E-state index contributed by atoms with van der Waals surface area (Å²) in [5.74, 6) is -3.09. The van der Waals surface area contributed by atoms with Gasteiger partial charge in [0.25, 0.3) is 5.92 Å². The third-order valence-corrected chi connectivity index (χ3v) is 5.92. The number of amides is 1. The number of aromatic nitrogens is 3. The number of alkyl halides is 2. The molecule has 6 nitrogen and oxygen atoms in total. The molecule has 0 saturated carbocycles. The van der Waals surface area contributed by atoms with E-state index in [1.807, 2.05) is 4.90 Å². The van der Waals surface area contributed by atoms with Gasteiger partial charge >= 0.3 is 0 Å². The molecule has 1 saturated heterocycles. The molecule has 158 valence electrons. The molecule has 2 aromatic rings. The first-order valence-corrected chi connectivity index (χ1v) is 10.0. The summed E-state index contributed by atoms with van der Waals surface area (Å²) in [4.78, 5) is 25.7. The molecule has 3 heterocycles. The van der Waals surface area contributed by atoms with Gasteiger partial charge in [-0.15, -0.1) is 0 Å². The number of hydrogen-bond acceptors (Lipinski definition) is 4. The van der Waals surface area contributed by atoms with E-state index in [1.54, 1.807) is 6.20 Å². The Labute approximate surface area is 169 Å². The van der Waals surface area contributed by atoms with E-state index in [0.717, 1.165) is 19.8 Å². The minimum Gasteiger partial charge on any atom is -0.365 e. The largest absolute Gasteiger partial charge is 0.365 e. The van der Waals surface area contributed by atoms with Crippen molar-refractivity contribution in [3.63, 3.8) is 0 Å². The molecule has 1 aliphatic heterocycles. The first-order valence-electron chi connectivity index (χ1n) is 10.0. The molecule has 1 amide bonds. The standard InChI is InChI=1S/C21H29F2N5O/c1-6-17(29)28-10-14(7-8-16(28)12(2)3)27-20-18-15(13(4)21(5,22)23)9-24-19(18)25-11-26-20/h6,9,11-14,16H,1,7-8,10H2,2-5H3,(H2,24,25,26,27)/t13-,14-,16-/m1/s1. The number of piperidine rings is 1. The number of halogens is 2. The molecule has 2 N–H and O–H groups in total. The monoisotopic (exact) mass is 405 g/mol. The Morgan fingerprint density at radius 3 is 2.72 bits per heavy atom. The second kappa shape index (κ2) is 8.08. The molecule has 0 aromatic carbocycles. The van der Waals surface area contributed by atoms with E-state index < -0.39 is 11.8 Å². The zero-order valence-corrected chi connectivity index (χ0v) is 17.4. The van der Waals surface area contributed by atoms with Gasteiger partial charge in [-0.1, -0.05) is 27.4 Å². The van der Waals surface area contributed by atoms with Gasteiger partial charge in [0.15, 0.2) is 0 Å². The van der Waals surface area contributed by atoms with E-state index in [2.05, 4.69) is 40.7 Å². The van der Waals surface area contributed by atoms with Crippen LogP contribution in [0.5, 0.6) is 0 Å². The van der Waals surface area contributed by atoms with Crippen LogP contribution >= 0.6 is 0 Å². The van der Waals surface area contributed by atoms with Crippen molar-refractivity contribution in [2.24, 2.45) is 5.92 Å². The van der Waals surface area contributed by atoms with Crippen molar-refractivity contribution in [2.75, 3.05) is 11.9 Å². The average Bonchev–Trinajstić information content (AvgIpc) is 3.10. The summed E-state index contributed by atoms with van der Waals surface area (Å²) in [5.41, 5.74) is 0.994. The first-order chi connectivity index (χ1) is 13.6. The average molecular weight is 405 g/mol. The molecule has 2 aromatic heterocycles. The van der Waals surface area contributed by atoms with E-state index in [0.29, 0.717) is 34.9 Å². The molecular formula is C21H29F2N5O. The zero-order chi connectivity index (χ0) is 21.3. The van der Waals surface area contributed by atoms with E-state index in [4.69, 9.17) is 0 Å². The molecule has 0 radical (unpaired) electrons. The predicted octanol–water partition coefficient (Wildman–Crippen LogP) is 4.33. The van der Waals surface area contributed by atoms with Crippen molar-refractivity contribution in [1.82, 2.24) is 19.9 Å². The third-order valence-electron chi connectivity index (χ3n) is 5.92. The SMILES string of the molecule is C=CC(=O)N1C[C@H](Nc2ncnc3[nH]cc([C@@H](C)C(C)(F)F)c23)CC[C@@H]1C(C)C. The molecule has 8 heteroatoms. The maximum Gasteiger partial charge on any atom is 0.251 e. The van der Waals surface area contributed by atoms with Crippen molar-refractivity contribution in [2.45, 2.75) is 64.5 Å². The van der Waals surface area contributed by atoms with Crippen LogP contribution < -0.4 is 5.32 Å². The van der Waals surface area contributed by atoms with Crippen LogP contribution in [0, 0.1) is 5.92 Å². The molecular weight excluding hydrogens is 376 g/mol. The fourth-order valence-electron chi connectivity index (χ4n) is 4.08. The summed E-state index contributed by atoms with van der Waals surface area (Å²) >= 11 is 0. The van der Waals surface area contributed by atoms with Gasteiger partial charge < -0.3 is 15.2 Å². The maximum absolute atomic E-state index is 14.0. The van der Waals surface area contributed by atoms with Gasteiger partial charge in [-0.25, -0.2) is 18.7 Å². The fraction of sp³-hybridized carbons (Fsp3) is 0.571. The van der Waals surface area contributed by atoms with Gasteiger partial charge in [0, 0.05) is 30.7 Å². The van der Waals surface area contributed by atoms with E-state index >= 15 is 0 Å². The van der Waals surface area contributed by atoms with Crippen LogP contribution in [0.15, 0.2) is 25.2 Å². The first kappa shape index (κ1) is 21.2. The number of carbonyl (C=O) groups is 1. The lowest BCUT2D eigenvalue weighted by Gasteiger charge is -2.41. The Hall–Kier alpha value is -2.51. The van der Waals surface area contributed by atoms with Gasteiger partial charge in [-0.3, -0.25) is 4.79 Å². The van der Waals surface area contributed by atoms with Crippen molar-refractivity contribution in [3.8, 4) is 0 Å². The quantitative estimate of drug-likeness (QED) is 0.702. The second-order valence-electron chi connectivity index (χ2n) is 8.29. The number of nitrogens with zero attached hydrogens (tertiary/aromatic N) is 3. The number of likely N-dealkylation sites (tertiary alicyclic amines) is 1. The number of hydrogen-bond donors (Lipinski definition) is 2. The number of H-pyrrole nitrogens is 1. The number of fused-ring (bicyclic) bond motifs is 1. The summed E-state index contributed by atoms with van der Waals surface area (Å²) < 4.78 is 27.9. The number of rotatable bonds is 6. The number of anilines is 1. The summed E-state index contributed by atoms with van der Waals surface area (Å²) in [6.07, 6.45) is 6.04. The van der Waals surface area contributed by atoms with Gasteiger partial charge in [0.05, 0.1) is 5.39 Å². The Balaban J connectivity index is 1.89. The van der Waals surface area contributed by atoms with E-state index in [-0.39, 0.29) is 18.0 Å². The number of aromatic amines is 1. The molecule has 0 unspecified atom stereocenters. The van der Waals surface area contributed by atoms with Crippen molar-refractivity contribution >= 4 is 22.8 Å². The van der Waals surface area contributed by atoms with Gasteiger partial charge in [-0.2, -0.15) is 0 Å². The highest BCUT2D eigenvalue weighted by Crippen LogP contribution is 2.38. The molecule has 0 spiro atoms. The van der Waals surface area contributed by atoms with Crippen LogP contribution in [0.1, 0.15) is 52.0 Å². The molecule has 0 aliphatic carbocycles. The van der Waals surface area contributed by atoms with Crippen LogP contribution in [0.2, 0.25) is 0 Å². The predicted molar refractivity (Wildman–Crippen MR) is 110 cm³/mol. The van der Waals surface area contributed by atoms with Crippen LogP contribution in [0.3, 0.4) is 0 Å². The smallest absolute Gasteiger partial charge is 0.251 e. The highest BCUT2D eigenvalue weighted by atomic mass is 19.3. The van der Waals surface area contributed by atoms with Gasteiger partial charge in [0.1, 0.15) is 17.8 Å². The molecule has 29 heavy (non-hydrogen) atoms. The van der Waals surface area contributed by atoms with Crippen molar-refractivity contribution in [3.05, 3.63) is 30.7 Å². The van der Waals surface area contributed by atoms with Crippen molar-refractivity contribution in [1.29, 1.82) is 0 Å². The fourth-order valence-corrected chi connectivity index (χ4v) is 4.08. The summed E-state index contributed by atoms with van der Waals surface area (Å²) in [5, 5.41) is 3.96. The van der Waals surface area contributed by atoms with Crippen LogP contribution in [-0.2, 0) is 4.79 Å². The normalized spacial score (nSPS) is 21.4. The van der Waals surface area contributed by atoms with Gasteiger partial charge in [-0.05, 0) is 37.3 Å². The van der Waals surface area contributed by atoms with E-state index in [9.17, 15) is 13.6 Å². The minimum absolute atomic E-state index is 0.0350. The van der Waals surface area contributed by atoms with Crippen LogP contribution in [0.4, 0.5) is 14.6 Å². The maximum atomic E-state index is 14.0. The summed E-state index contributed by atoms with van der Waals surface area (Å²) in [7, 11) is 0. The van der Waals surface area contributed by atoms with Crippen molar-refractivity contribution < 1.29 is 13.6 Å². The molecule has 1 fully saturated rings. The lowest BCUT2D eigenvalue weighted by Crippen LogP contribution is -2.52. The van der Waals surface area contributed by atoms with Crippen LogP contribution in [0.25, 0.3) is 11.0 Å². The highest BCUT2D eigenvalue weighted by Gasteiger charge is 2.35. The molecule has 3 rings (SSSR count). The third kappa shape index (κ3) is 4.26. The summed E-state index contributed by atoms with van der Waals surface area (Å²) in [6, 6.07) is 0.123. The number of nitrogens with one attached hydrogen (secondary N) is 2. The summed E-state index contributed by atoms with van der Waals surface area (Å²) in [6.45, 7) is 10.8. The molecule has 0 bridgehead atoms. The van der Waals surface area contributed by atoms with Gasteiger partial charge in [0.2, 0.25) is 5.91 Å². The zero-order valence-electron chi connectivity index (χ0n) is 17.4. The number of carbonyl (C=O) groups excluding carboxylic acids is 1. The Morgan fingerprint density at radius 1 is 1.38 bits per heavy atom. The van der Waals surface area contributed by atoms with E-state index in [1.165, 1.54) is 19.3 Å². The lowest BCUT2D eigenvalue weighted by molar-refractivity contribution is -0.130. The minimum atomic E-state index is -2.87. The molecule has 1 aliphatic rings. The Morgan fingerprint density at radius 2 is 2.10 bits per heavy atom.